The molecule has 0 atom stereocenters. The van der Waals surface area contributed by atoms with Gasteiger partial charge in [0.1, 0.15) is 0 Å². The van der Waals surface area contributed by atoms with E-state index in [0.717, 1.165) is 0 Å². The molecule has 0 fully saturated rings. The molecule has 0 aliphatic carbocycles. The molecule has 0 aliphatic heterocycles. The van der Waals surface area contributed by atoms with Crippen LogP contribution in [0.1, 0.15) is 0 Å². The minimum atomic E-state index is -5.22. The van der Waals surface area contributed by atoms with Crippen LogP contribution in [-0.4, -0.2) is 9.42 Å². The van der Waals surface area contributed by atoms with Crippen molar-refractivity contribution in [2.24, 2.45) is 0 Å². The van der Waals surface area contributed by atoms with Crippen molar-refractivity contribution in [3.8, 4) is 0 Å². The summed E-state index contributed by atoms with van der Waals surface area (Å²) in [5.74, 6) is 0. The normalized spacial score (nSPS) is 11.7. The van der Waals surface area contributed by atoms with Gasteiger partial charge in [0.25, 0.3) is 0 Å². The van der Waals surface area contributed by atoms with Gasteiger partial charge in [-0.05, 0) is 0 Å². The van der Waals surface area contributed by atoms with Gasteiger partial charge in [-0.3, -0.25) is 0 Å². The van der Waals surface area contributed by atoms with Crippen molar-refractivity contribution < 1.29 is 34.6 Å². The summed E-state index contributed by atoms with van der Waals surface area (Å²) in [6, 6.07) is 0. The summed E-state index contributed by atoms with van der Waals surface area (Å²) in [5, 5.41) is 7.10. The average Bonchev–Trinajstić information content (AvgIpc) is 1.35. The molecule has 0 amide bonds. The predicted molar refractivity (Wildman–Crippen MR) is 7.31 cm³/mol. The Morgan fingerprint density at radius 1 is 1.50 bits per heavy atom. The molecule has 6 heavy (non-hydrogen) atoms. The fourth-order valence-corrected chi connectivity index (χ4v) is 0. The first-order valence-electron chi connectivity index (χ1n) is 0.865. The van der Waals surface area contributed by atoms with Gasteiger partial charge in [-0.25, -0.2) is 0 Å². The van der Waals surface area contributed by atoms with E-state index < -0.39 is 13.6 Å². The van der Waals surface area contributed by atoms with Crippen LogP contribution in [0.15, 0.2) is 0 Å². The number of hydrogen-bond acceptors (Lipinski definition) is 4. The molecule has 0 heterocycles. The average molecular weight is 134 g/mol. The molecule has 0 saturated carbocycles. The Bertz CT molecular complexity index is 106. The molecule has 2 N–H and O–H groups in total. The second-order valence-electron chi connectivity index (χ2n) is 0.502. The molecule has 0 unspecified atom stereocenters. The van der Waals surface area contributed by atoms with Gasteiger partial charge >= 0.3 is 34.6 Å². The van der Waals surface area contributed by atoms with Crippen LogP contribution in [0.3, 0.4) is 0 Å². The molecular weight excluding hydrogens is 132 g/mol. The second-order valence-corrected chi connectivity index (χ2v) is 2.07. The Hall–Kier alpha value is 0.0125. The molecule has 0 aromatic heterocycles. The van der Waals surface area contributed by atoms with Crippen molar-refractivity contribution >= 4 is 0 Å². The molecule has 0 aliphatic rings. The zero-order valence-electron chi connectivity index (χ0n) is 2.53. The van der Waals surface area contributed by atoms with Crippen molar-refractivity contribution in [2.75, 3.05) is 0 Å². The van der Waals surface area contributed by atoms with Crippen LogP contribution in [0.4, 0.5) is 0 Å². The molecule has 0 rings (SSSR count). The van der Waals surface area contributed by atoms with Gasteiger partial charge in [0, 0.05) is 0 Å². The van der Waals surface area contributed by atoms with E-state index in [1.54, 1.807) is 0 Å². The zero-order valence-corrected chi connectivity index (χ0v) is 3.80. The fourth-order valence-electron chi connectivity index (χ4n) is 0. The Balaban J connectivity index is 3.85. The summed E-state index contributed by atoms with van der Waals surface area (Å²) in [7, 11) is 0. The van der Waals surface area contributed by atoms with Crippen molar-refractivity contribution in [2.45, 2.75) is 0 Å². The van der Waals surface area contributed by atoms with E-state index in [-0.39, 0.29) is 0 Å². The van der Waals surface area contributed by atoms with Gasteiger partial charge in [0.2, 0.25) is 0 Å². The van der Waals surface area contributed by atoms with E-state index in [1.807, 2.05) is 0 Å². The molecule has 6 heteroatoms. The third-order valence-electron chi connectivity index (χ3n) is 0.0942. The predicted octanol–water partition coefficient (Wildman–Crippen LogP) is -0.857. The van der Waals surface area contributed by atoms with Crippen LogP contribution in [0.5, 0.6) is 0 Å². The van der Waals surface area contributed by atoms with Crippen molar-refractivity contribution in [3.63, 3.8) is 0 Å². The van der Waals surface area contributed by atoms with Gasteiger partial charge in [0.05, 0.1) is 0 Å². The molecule has 0 saturated heterocycles. The van der Waals surface area contributed by atoms with Gasteiger partial charge in [-0.15, -0.1) is 0 Å². The molecular formula is H2CrO5. The maximum atomic E-state index is 9.16. The van der Waals surface area contributed by atoms with Crippen molar-refractivity contribution in [3.05, 3.63) is 0 Å². The summed E-state index contributed by atoms with van der Waals surface area (Å²) in [4.78, 5) is 0. The van der Waals surface area contributed by atoms with Crippen LogP contribution in [0.25, 0.3) is 0 Å². The van der Waals surface area contributed by atoms with Crippen LogP contribution in [0.2, 0.25) is 0 Å². The minimum absolute atomic E-state index is 2.54. The Morgan fingerprint density at radius 2 is 1.67 bits per heavy atom. The maximum absolute atomic E-state index is 9.16. The van der Waals surface area contributed by atoms with Gasteiger partial charge in [0.15, 0.2) is 0 Å². The van der Waals surface area contributed by atoms with E-state index in [0.29, 0.717) is 0 Å². The third kappa shape index (κ3) is 4.01. The fraction of sp³-hybridized carbons (Fsp3) is 0. The van der Waals surface area contributed by atoms with E-state index >= 15 is 0 Å². The van der Waals surface area contributed by atoms with Crippen LogP contribution < -0.4 is 0 Å². The van der Waals surface area contributed by atoms with Crippen LogP contribution in [-0.2, 0) is 25.2 Å². The Labute approximate surface area is 35.5 Å². The standard InChI is InChI=1S/Cr.H2O2.H2O.2O/c;1-2;;;/h;1-2H;1H2;;/q+2;;;;/p-2. The molecule has 38 valence electrons. The van der Waals surface area contributed by atoms with E-state index in [9.17, 15) is 0 Å². The summed E-state index contributed by atoms with van der Waals surface area (Å²) < 4.78 is 28.2. The number of hydrogen-bond donors (Lipinski definition) is 2. The first kappa shape index (κ1) is 6.01. The zero-order chi connectivity index (χ0) is 5.21. The van der Waals surface area contributed by atoms with Crippen LogP contribution >= 0.6 is 0 Å². The van der Waals surface area contributed by atoms with E-state index in [1.165, 1.54) is 0 Å². The first-order valence-corrected chi connectivity index (χ1v) is 3.00. The van der Waals surface area contributed by atoms with Gasteiger partial charge < -0.3 is 0 Å². The Morgan fingerprint density at radius 3 is 1.67 bits per heavy atom. The second kappa shape index (κ2) is 1.64. The SMILES string of the molecule is [O]=[Cr](=[O])([OH])[O]O. The molecule has 0 bridgehead atoms. The first-order chi connectivity index (χ1) is 2.56. The van der Waals surface area contributed by atoms with E-state index in [2.05, 4.69) is 3.94 Å². The van der Waals surface area contributed by atoms with Gasteiger partial charge in [-0.1, -0.05) is 0 Å². The third-order valence-corrected chi connectivity index (χ3v) is 0.388. The van der Waals surface area contributed by atoms with E-state index in [4.69, 9.17) is 17.0 Å². The monoisotopic (exact) mass is 134 g/mol. The molecule has 0 radical (unpaired) electrons. The summed E-state index contributed by atoms with van der Waals surface area (Å²) in [6.45, 7) is 0. The number of rotatable bonds is 1. The molecule has 0 aromatic rings. The molecule has 0 aromatic carbocycles. The summed E-state index contributed by atoms with van der Waals surface area (Å²) in [5.41, 5.74) is 0. The summed E-state index contributed by atoms with van der Waals surface area (Å²) in [6.07, 6.45) is 0. The van der Waals surface area contributed by atoms with Crippen LogP contribution in [0, 0.1) is 0 Å². The topological polar surface area (TPSA) is 83.8 Å². The van der Waals surface area contributed by atoms with Crippen molar-refractivity contribution in [1.29, 1.82) is 0 Å². The van der Waals surface area contributed by atoms with Crippen molar-refractivity contribution in [1.82, 2.24) is 0 Å². The summed E-state index contributed by atoms with van der Waals surface area (Å²) >= 11 is -5.22. The molecule has 0 spiro atoms. The Kier molecular flexibility index (Phi) is 1.64. The molecule has 5 nitrogen and oxygen atoms in total. The van der Waals surface area contributed by atoms with Gasteiger partial charge in [-0.2, -0.15) is 0 Å². The quantitative estimate of drug-likeness (QED) is 0.360.